The van der Waals surface area contributed by atoms with Gasteiger partial charge in [0.1, 0.15) is 5.75 Å². The van der Waals surface area contributed by atoms with Crippen LogP contribution in [0.2, 0.25) is 19.1 Å². The van der Waals surface area contributed by atoms with Gasteiger partial charge in [0.15, 0.2) is 6.29 Å². The first-order valence-corrected chi connectivity index (χ1v) is 8.03. The van der Waals surface area contributed by atoms with Crippen LogP contribution in [0, 0.1) is 11.8 Å². The molecule has 0 aliphatic rings. The number of phenols is 1. The molecule has 3 heteroatoms. The fourth-order valence-electron chi connectivity index (χ4n) is 1.08. The van der Waals surface area contributed by atoms with E-state index in [4.69, 9.17) is 0 Å². The summed E-state index contributed by atoms with van der Waals surface area (Å²) in [7, 11) is -0.632. The number of aromatic hydroxyl groups is 1. The lowest BCUT2D eigenvalue weighted by Crippen LogP contribution is -1.95. The zero-order valence-electron chi connectivity index (χ0n) is 8.95. The van der Waals surface area contributed by atoms with E-state index in [2.05, 4.69) is 24.9 Å². The number of hydrogen-bond acceptors (Lipinski definition) is 2. The number of benzene rings is 1. The van der Waals surface area contributed by atoms with Crippen molar-refractivity contribution in [2.24, 2.45) is 0 Å². The van der Waals surface area contributed by atoms with E-state index in [-0.39, 0.29) is 5.75 Å². The summed E-state index contributed by atoms with van der Waals surface area (Å²) in [6.07, 6.45) is 0.633. The molecule has 0 atom stereocenters. The van der Waals surface area contributed by atoms with Crippen molar-refractivity contribution in [3.63, 3.8) is 0 Å². The molecule has 0 radical (unpaired) electrons. The van der Waals surface area contributed by atoms with Gasteiger partial charge in [-0.2, -0.15) is 0 Å². The van der Waals surface area contributed by atoms with Crippen molar-refractivity contribution >= 4 is 15.1 Å². The van der Waals surface area contributed by atoms with Gasteiger partial charge < -0.3 is 5.11 Å². The van der Waals surface area contributed by atoms with Gasteiger partial charge >= 0.3 is 0 Å². The average Bonchev–Trinajstić information content (AvgIpc) is 2.17. The SMILES string of the molecule is C[SiH](C)CC#Cc1ccc(C=O)c(O)c1. The molecule has 1 rings (SSSR count). The molecule has 1 aromatic rings. The average molecular weight is 218 g/mol. The van der Waals surface area contributed by atoms with Gasteiger partial charge in [-0.25, -0.2) is 0 Å². The Bertz CT molecular complexity index is 413. The highest BCUT2D eigenvalue weighted by Gasteiger charge is 1.99. The first-order chi connectivity index (χ1) is 7.13. The molecule has 0 unspecified atom stereocenters. The molecule has 0 aliphatic heterocycles. The zero-order valence-corrected chi connectivity index (χ0v) is 10.1. The normalized spacial score (nSPS) is 9.53. The van der Waals surface area contributed by atoms with Crippen molar-refractivity contribution in [3.8, 4) is 17.6 Å². The van der Waals surface area contributed by atoms with Crippen LogP contribution in [0.15, 0.2) is 18.2 Å². The fourth-order valence-corrected chi connectivity index (χ4v) is 1.59. The molecular weight excluding hydrogens is 204 g/mol. The minimum Gasteiger partial charge on any atom is -0.507 e. The lowest BCUT2D eigenvalue weighted by atomic mass is 10.1. The van der Waals surface area contributed by atoms with Crippen LogP contribution < -0.4 is 0 Å². The predicted octanol–water partition coefficient (Wildman–Crippen LogP) is 2.04. The van der Waals surface area contributed by atoms with E-state index in [1.165, 1.54) is 6.07 Å². The van der Waals surface area contributed by atoms with Crippen molar-refractivity contribution < 1.29 is 9.90 Å². The minimum atomic E-state index is -0.632. The van der Waals surface area contributed by atoms with Crippen molar-refractivity contribution in [1.82, 2.24) is 0 Å². The molecular formula is C12H14O2Si. The van der Waals surface area contributed by atoms with E-state index in [9.17, 15) is 9.90 Å². The van der Waals surface area contributed by atoms with Gasteiger partial charge in [0, 0.05) is 20.4 Å². The Balaban J connectivity index is 2.82. The van der Waals surface area contributed by atoms with E-state index >= 15 is 0 Å². The monoisotopic (exact) mass is 218 g/mol. The summed E-state index contributed by atoms with van der Waals surface area (Å²) < 4.78 is 0. The highest BCUT2D eigenvalue weighted by atomic mass is 28.3. The third-order valence-corrected chi connectivity index (χ3v) is 2.92. The summed E-state index contributed by atoms with van der Waals surface area (Å²) in [4.78, 5) is 10.5. The summed E-state index contributed by atoms with van der Waals surface area (Å²) in [6.45, 7) is 4.48. The van der Waals surface area contributed by atoms with Crippen LogP contribution >= 0.6 is 0 Å². The van der Waals surface area contributed by atoms with E-state index < -0.39 is 8.80 Å². The van der Waals surface area contributed by atoms with Crippen LogP contribution in [0.5, 0.6) is 5.75 Å². The molecule has 0 saturated heterocycles. The van der Waals surface area contributed by atoms with E-state index in [0.717, 1.165) is 11.6 Å². The van der Waals surface area contributed by atoms with Crippen molar-refractivity contribution in [2.45, 2.75) is 19.1 Å². The summed E-state index contributed by atoms with van der Waals surface area (Å²) in [5, 5.41) is 9.41. The maximum atomic E-state index is 10.5. The number of carbonyl (C=O) groups is 1. The molecule has 0 amide bonds. The second-order valence-corrected chi connectivity index (χ2v) is 6.99. The third kappa shape index (κ3) is 3.60. The molecule has 0 aromatic heterocycles. The third-order valence-electron chi connectivity index (χ3n) is 1.90. The molecule has 78 valence electrons. The summed E-state index contributed by atoms with van der Waals surface area (Å²) in [5.41, 5.74) is 1.06. The standard InChI is InChI=1S/C12H14O2Si/c1-15(2)7-3-4-10-5-6-11(9-13)12(14)8-10/h5-6,8-9,14-15H,7H2,1-2H3. The molecule has 1 N–H and O–H groups in total. The van der Waals surface area contributed by atoms with Crippen LogP contribution in [0.4, 0.5) is 0 Å². The van der Waals surface area contributed by atoms with Crippen LogP contribution in [0.3, 0.4) is 0 Å². The van der Waals surface area contributed by atoms with E-state index in [1.54, 1.807) is 12.1 Å². The number of carbonyl (C=O) groups excluding carboxylic acids is 1. The first-order valence-electron chi connectivity index (χ1n) is 4.90. The Morgan fingerprint density at radius 3 is 2.73 bits per heavy atom. The zero-order chi connectivity index (χ0) is 11.3. The van der Waals surface area contributed by atoms with Crippen LogP contribution in [0.1, 0.15) is 15.9 Å². The quantitative estimate of drug-likeness (QED) is 0.468. The van der Waals surface area contributed by atoms with E-state index in [0.29, 0.717) is 11.8 Å². The Kier molecular flexibility index (Phi) is 4.13. The number of rotatable bonds is 2. The second kappa shape index (κ2) is 5.37. The lowest BCUT2D eigenvalue weighted by Gasteiger charge is -1.97. The Morgan fingerprint density at radius 1 is 1.47 bits per heavy atom. The fraction of sp³-hybridized carbons (Fsp3) is 0.250. The van der Waals surface area contributed by atoms with Gasteiger partial charge in [-0.1, -0.05) is 19.0 Å². The second-order valence-electron chi connectivity index (χ2n) is 3.79. The molecule has 0 heterocycles. The number of phenolic OH excluding ortho intramolecular Hbond substituents is 1. The van der Waals surface area contributed by atoms with Gasteiger partial charge in [-0.15, -0.1) is 5.92 Å². The first kappa shape index (κ1) is 11.5. The Hall–Kier alpha value is -1.53. The molecule has 0 saturated carbocycles. The molecule has 1 aromatic carbocycles. The minimum absolute atomic E-state index is 0.00130. The molecule has 0 aliphatic carbocycles. The molecule has 15 heavy (non-hydrogen) atoms. The molecule has 0 spiro atoms. The smallest absolute Gasteiger partial charge is 0.153 e. The van der Waals surface area contributed by atoms with Crippen LogP contribution in [-0.2, 0) is 0 Å². The largest absolute Gasteiger partial charge is 0.507 e. The van der Waals surface area contributed by atoms with Crippen LogP contribution in [0.25, 0.3) is 0 Å². The van der Waals surface area contributed by atoms with Gasteiger partial charge in [-0.05, 0) is 18.2 Å². The maximum Gasteiger partial charge on any atom is 0.153 e. The summed E-state index contributed by atoms with van der Waals surface area (Å²) in [5.74, 6) is 6.05. The number of aldehydes is 1. The lowest BCUT2D eigenvalue weighted by molar-refractivity contribution is 0.112. The molecule has 0 bridgehead atoms. The van der Waals surface area contributed by atoms with Gasteiger partial charge in [0.05, 0.1) is 5.56 Å². The van der Waals surface area contributed by atoms with Crippen LogP contribution in [-0.4, -0.2) is 20.2 Å². The topological polar surface area (TPSA) is 37.3 Å². The molecule has 2 nitrogen and oxygen atoms in total. The summed E-state index contributed by atoms with van der Waals surface area (Å²) >= 11 is 0. The summed E-state index contributed by atoms with van der Waals surface area (Å²) in [6, 6.07) is 5.83. The van der Waals surface area contributed by atoms with Gasteiger partial charge in [-0.3, -0.25) is 4.79 Å². The highest BCUT2D eigenvalue weighted by molar-refractivity contribution is 6.56. The molecule has 0 fully saturated rings. The predicted molar refractivity (Wildman–Crippen MR) is 64.1 cm³/mol. The highest BCUT2D eigenvalue weighted by Crippen LogP contribution is 2.16. The van der Waals surface area contributed by atoms with Crippen molar-refractivity contribution in [1.29, 1.82) is 0 Å². The van der Waals surface area contributed by atoms with Crippen molar-refractivity contribution in [2.75, 3.05) is 0 Å². The number of hydrogen-bond donors (Lipinski definition) is 1. The van der Waals surface area contributed by atoms with Gasteiger partial charge in [0.25, 0.3) is 0 Å². The Labute approximate surface area is 91.6 Å². The van der Waals surface area contributed by atoms with E-state index in [1.807, 2.05) is 0 Å². The Morgan fingerprint density at radius 2 is 2.20 bits per heavy atom. The maximum absolute atomic E-state index is 10.5. The van der Waals surface area contributed by atoms with Crippen molar-refractivity contribution in [3.05, 3.63) is 29.3 Å². The van der Waals surface area contributed by atoms with Gasteiger partial charge in [0.2, 0.25) is 0 Å².